The van der Waals surface area contributed by atoms with E-state index in [1.165, 1.54) is 18.2 Å². The minimum Gasteiger partial charge on any atom is -0.465 e. The second kappa shape index (κ2) is 9.29. The zero-order valence-corrected chi connectivity index (χ0v) is 14.4. The summed E-state index contributed by atoms with van der Waals surface area (Å²) in [6.45, 7) is 2.34. The smallest absolute Gasteiger partial charge is 0.316 e. The lowest BCUT2D eigenvalue weighted by Crippen LogP contribution is -2.07. The Morgan fingerprint density at radius 1 is 1.33 bits per heavy atom. The largest absolute Gasteiger partial charge is 0.465 e. The maximum atomic E-state index is 12.8. The Balaban J connectivity index is 1.98. The summed E-state index contributed by atoms with van der Waals surface area (Å²) in [5.74, 6) is -0.295. The van der Waals surface area contributed by atoms with Crippen LogP contribution < -0.4 is 0 Å². The first-order valence-corrected chi connectivity index (χ1v) is 8.38. The minimum atomic E-state index is -0.356. The Morgan fingerprint density at radius 3 is 2.79 bits per heavy atom. The molecule has 0 spiro atoms. The summed E-state index contributed by atoms with van der Waals surface area (Å²) in [6, 6.07) is 7.43. The molecule has 1 aromatic carbocycles. The van der Waals surface area contributed by atoms with Crippen molar-refractivity contribution in [3.63, 3.8) is 0 Å². The van der Waals surface area contributed by atoms with Crippen molar-refractivity contribution in [1.82, 2.24) is 9.97 Å². The molecule has 9 heteroatoms. The van der Waals surface area contributed by atoms with Gasteiger partial charge in [-0.1, -0.05) is 35.5 Å². The van der Waals surface area contributed by atoms with Gasteiger partial charge in [0.25, 0.3) is 0 Å². The molecule has 0 amide bonds. The average Bonchev–Trinajstić information content (AvgIpc) is 2.55. The molecule has 24 heavy (non-hydrogen) atoms. The van der Waals surface area contributed by atoms with Crippen LogP contribution in [0.25, 0.3) is 0 Å². The number of hydrogen-bond acceptors (Lipinski definition) is 7. The SMILES string of the molecule is CCOC(=O)CSc1nc(Cl)cc(N=NCc2ccc(F)cc2)n1. The van der Waals surface area contributed by atoms with Crippen LogP contribution in [0.1, 0.15) is 12.5 Å². The summed E-state index contributed by atoms with van der Waals surface area (Å²) < 4.78 is 17.6. The highest BCUT2D eigenvalue weighted by Crippen LogP contribution is 2.21. The second-order valence-electron chi connectivity index (χ2n) is 4.45. The first kappa shape index (κ1) is 18.3. The van der Waals surface area contributed by atoms with Crippen LogP contribution in [0, 0.1) is 5.82 Å². The molecule has 0 saturated heterocycles. The van der Waals surface area contributed by atoms with E-state index >= 15 is 0 Å². The fraction of sp³-hybridized carbons (Fsp3) is 0.267. The van der Waals surface area contributed by atoms with Crippen molar-refractivity contribution in [2.24, 2.45) is 10.2 Å². The van der Waals surface area contributed by atoms with Gasteiger partial charge in [0.05, 0.1) is 18.9 Å². The molecule has 0 bridgehead atoms. The van der Waals surface area contributed by atoms with Crippen LogP contribution >= 0.6 is 23.4 Å². The first-order valence-electron chi connectivity index (χ1n) is 7.01. The van der Waals surface area contributed by atoms with Gasteiger partial charge in [0, 0.05) is 6.07 Å². The van der Waals surface area contributed by atoms with Gasteiger partial charge >= 0.3 is 5.97 Å². The number of halogens is 2. The number of esters is 1. The number of nitrogens with zero attached hydrogens (tertiary/aromatic N) is 4. The quantitative estimate of drug-likeness (QED) is 0.240. The third-order valence-corrected chi connectivity index (χ3v) is 3.64. The number of carbonyl (C=O) groups is 1. The molecule has 0 aliphatic rings. The Kier molecular flexibility index (Phi) is 7.07. The highest BCUT2D eigenvalue weighted by Gasteiger charge is 2.08. The maximum absolute atomic E-state index is 12.8. The van der Waals surface area contributed by atoms with E-state index in [4.69, 9.17) is 16.3 Å². The lowest BCUT2D eigenvalue weighted by molar-refractivity contribution is -0.139. The molecule has 0 atom stereocenters. The summed E-state index contributed by atoms with van der Waals surface area (Å²) >= 11 is 7.02. The molecule has 0 saturated carbocycles. The van der Waals surface area contributed by atoms with Crippen LogP contribution in [0.2, 0.25) is 5.15 Å². The Bertz CT molecular complexity index is 728. The summed E-state index contributed by atoms with van der Waals surface area (Å²) in [5, 5.41) is 8.49. The van der Waals surface area contributed by atoms with Gasteiger partial charge in [0.15, 0.2) is 11.0 Å². The standard InChI is InChI=1S/C15H14ClFN4O2S/c1-2-23-14(22)9-24-15-19-12(16)7-13(20-15)21-18-8-10-3-5-11(17)6-4-10/h3-7H,2,8-9H2,1H3. The third-order valence-electron chi connectivity index (χ3n) is 2.63. The van der Waals surface area contributed by atoms with Crippen LogP contribution in [0.3, 0.4) is 0 Å². The van der Waals surface area contributed by atoms with Gasteiger partial charge in [-0.2, -0.15) is 5.11 Å². The van der Waals surface area contributed by atoms with E-state index in [1.54, 1.807) is 19.1 Å². The van der Waals surface area contributed by atoms with Gasteiger partial charge in [-0.3, -0.25) is 4.79 Å². The number of hydrogen-bond donors (Lipinski definition) is 0. The second-order valence-corrected chi connectivity index (χ2v) is 5.78. The molecule has 2 rings (SSSR count). The van der Waals surface area contributed by atoms with Crippen LogP contribution in [0.4, 0.5) is 10.2 Å². The zero-order valence-electron chi connectivity index (χ0n) is 12.8. The van der Waals surface area contributed by atoms with E-state index in [9.17, 15) is 9.18 Å². The van der Waals surface area contributed by atoms with E-state index in [-0.39, 0.29) is 35.1 Å². The van der Waals surface area contributed by atoms with Crippen LogP contribution in [-0.2, 0) is 16.1 Å². The number of benzene rings is 1. The van der Waals surface area contributed by atoms with E-state index in [2.05, 4.69) is 20.2 Å². The van der Waals surface area contributed by atoms with Gasteiger partial charge < -0.3 is 4.74 Å². The van der Waals surface area contributed by atoms with Gasteiger partial charge in [0.1, 0.15) is 11.0 Å². The molecule has 0 aliphatic heterocycles. The molecule has 0 aliphatic carbocycles. The fourth-order valence-corrected chi connectivity index (χ4v) is 2.49. The van der Waals surface area contributed by atoms with E-state index in [1.807, 2.05) is 0 Å². The molecule has 2 aromatic rings. The number of azo groups is 1. The van der Waals surface area contributed by atoms with Gasteiger partial charge in [-0.15, -0.1) is 5.11 Å². The normalized spacial score (nSPS) is 11.0. The predicted octanol–water partition coefficient (Wildman–Crippen LogP) is 4.21. The number of thioether (sulfide) groups is 1. The summed E-state index contributed by atoms with van der Waals surface area (Å²) in [5.41, 5.74) is 0.817. The van der Waals surface area contributed by atoms with Crippen molar-refractivity contribution < 1.29 is 13.9 Å². The minimum absolute atomic E-state index is 0.0837. The lowest BCUT2D eigenvalue weighted by Gasteiger charge is -2.02. The molecule has 6 nitrogen and oxygen atoms in total. The molecule has 1 heterocycles. The molecule has 0 radical (unpaired) electrons. The van der Waals surface area contributed by atoms with E-state index < -0.39 is 0 Å². The number of ether oxygens (including phenoxy) is 1. The molecule has 0 unspecified atom stereocenters. The maximum Gasteiger partial charge on any atom is 0.316 e. The highest BCUT2D eigenvalue weighted by atomic mass is 35.5. The van der Waals surface area contributed by atoms with Crippen molar-refractivity contribution >= 4 is 35.1 Å². The van der Waals surface area contributed by atoms with Crippen molar-refractivity contribution in [3.05, 3.63) is 46.9 Å². The van der Waals surface area contributed by atoms with Gasteiger partial charge in [-0.25, -0.2) is 14.4 Å². The average molecular weight is 369 g/mol. The summed E-state index contributed by atoms with van der Waals surface area (Å²) in [4.78, 5) is 19.5. The lowest BCUT2D eigenvalue weighted by atomic mass is 10.2. The molecular weight excluding hydrogens is 355 g/mol. The Labute approximate surface area is 147 Å². The topological polar surface area (TPSA) is 76.8 Å². The molecule has 0 fully saturated rings. The summed E-state index contributed by atoms with van der Waals surface area (Å²) in [7, 11) is 0. The molecule has 1 aromatic heterocycles. The fourth-order valence-electron chi connectivity index (χ4n) is 1.61. The molecule has 0 N–H and O–H groups in total. The number of carbonyl (C=O) groups excluding carboxylic acids is 1. The highest BCUT2D eigenvalue weighted by molar-refractivity contribution is 7.99. The van der Waals surface area contributed by atoms with E-state index in [0.717, 1.165) is 17.3 Å². The summed E-state index contributed by atoms with van der Waals surface area (Å²) in [6.07, 6.45) is 0. The van der Waals surface area contributed by atoms with Gasteiger partial charge in [-0.05, 0) is 24.6 Å². The van der Waals surface area contributed by atoms with Crippen LogP contribution in [-0.4, -0.2) is 28.3 Å². The van der Waals surface area contributed by atoms with Crippen molar-refractivity contribution in [2.45, 2.75) is 18.6 Å². The predicted molar refractivity (Wildman–Crippen MR) is 89.0 cm³/mol. The van der Waals surface area contributed by atoms with Crippen molar-refractivity contribution in [3.8, 4) is 0 Å². The zero-order chi connectivity index (χ0) is 17.4. The van der Waals surface area contributed by atoms with Gasteiger partial charge in [0.2, 0.25) is 0 Å². The van der Waals surface area contributed by atoms with E-state index in [0.29, 0.717) is 11.8 Å². The number of aromatic nitrogens is 2. The Morgan fingerprint density at radius 2 is 2.08 bits per heavy atom. The van der Waals surface area contributed by atoms with Crippen LogP contribution in [0.5, 0.6) is 0 Å². The third kappa shape index (κ3) is 6.21. The van der Waals surface area contributed by atoms with Crippen molar-refractivity contribution in [1.29, 1.82) is 0 Å². The van der Waals surface area contributed by atoms with Crippen molar-refractivity contribution in [2.75, 3.05) is 12.4 Å². The Hall–Kier alpha value is -2.06. The first-order chi connectivity index (χ1) is 11.6. The monoisotopic (exact) mass is 368 g/mol. The van der Waals surface area contributed by atoms with Crippen LogP contribution in [0.15, 0.2) is 45.7 Å². The molecular formula is C15H14ClFN4O2S. The number of rotatable bonds is 7. The molecule has 126 valence electrons.